The predicted molar refractivity (Wildman–Crippen MR) is 96.1 cm³/mol. The van der Waals surface area contributed by atoms with Gasteiger partial charge in [0.25, 0.3) is 0 Å². The van der Waals surface area contributed by atoms with E-state index in [-0.39, 0.29) is 11.7 Å². The highest BCUT2D eigenvalue weighted by molar-refractivity contribution is 5.89. The van der Waals surface area contributed by atoms with Crippen LogP contribution in [0.15, 0.2) is 42.5 Å². The SMILES string of the molecule is CCC.CCC(C)C(=O)C(N)Cc1cccc2ccccc12. The highest BCUT2D eigenvalue weighted by Crippen LogP contribution is 2.20. The van der Waals surface area contributed by atoms with E-state index >= 15 is 0 Å². The zero-order chi connectivity index (χ0) is 16.5. The molecule has 2 rings (SSSR count). The average Bonchev–Trinajstić information content (AvgIpc) is 2.54. The summed E-state index contributed by atoms with van der Waals surface area (Å²) in [6, 6.07) is 14.0. The molecule has 2 unspecified atom stereocenters. The Morgan fingerprint density at radius 3 is 2.27 bits per heavy atom. The Labute approximate surface area is 134 Å². The molecule has 0 bridgehead atoms. The number of ketones is 1. The Bertz CT molecular complexity index is 586. The quantitative estimate of drug-likeness (QED) is 0.866. The van der Waals surface area contributed by atoms with Crippen LogP contribution >= 0.6 is 0 Å². The number of hydrogen-bond donors (Lipinski definition) is 1. The van der Waals surface area contributed by atoms with E-state index in [1.807, 2.05) is 32.0 Å². The van der Waals surface area contributed by atoms with Gasteiger partial charge in [0.1, 0.15) is 0 Å². The van der Waals surface area contributed by atoms with Crippen LogP contribution in [-0.4, -0.2) is 11.8 Å². The number of fused-ring (bicyclic) bond motifs is 1. The number of hydrogen-bond acceptors (Lipinski definition) is 2. The van der Waals surface area contributed by atoms with Gasteiger partial charge < -0.3 is 5.73 Å². The van der Waals surface area contributed by atoms with Gasteiger partial charge in [-0.15, -0.1) is 0 Å². The van der Waals surface area contributed by atoms with E-state index in [9.17, 15) is 4.79 Å². The van der Waals surface area contributed by atoms with Gasteiger partial charge in [0.2, 0.25) is 0 Å². The maximum Gasteiger partial charge on any atom is 0.152 e. The van der Waals surface area contributed by atoms with Crippen molar-refractivity contribution in [1.29, 1.82) is 0 Å². The number of carbonyl (C=O) groups excluding carboxylic acids is 1. The summed E-state index contributed by atoms with van der Waals surface area (Å²) in [5.41, 5.74) is 7.22. The van der Waals surface area contributed by atoms with E-state index in [0.29, 0.717) is 6.42 Å². The molecule has 0 saturated carbocycles. The molecular weight excluding hydrogens is 270 g/mol. The summed E-state index contributed by atoms with van der Waals surface area (Å²) in [6.45, 7) is 8.22. The van der Waals surface area contributed by atoms with Gasteiger partial charge in [-0.25, -0.2) is 0 Å². The molecule has 0 aliphatic heterocycles. The van der Waals surface area contributed by atoms with Gasteiger partial charge >= 0.3 is 0 Å². The van der Waals surface area contributed by atoms with Crippen LogP contribution in [0.25, 0.3) is 10.8 Å². The highest BCUT2D eigenvalue weighted by Gasteiger charge is 2.19. The van der Waals surface area contributed by atoms with Gasteiger partial charge in [0, 0.05) is 5.92 Å². The minimum Gasteiger partial charge on any atom is -0.321 e. The molecule has 0 saturated heterocycles. The lowest BCUT2D eigenvalue weighted by molar-refractivity contribution is -0.123. The molecule has 2 nitrogen and oxygen atoms in total. The lowest BCUT2D eigenvalue weighted by Gasteiger charge is -2.16. The van der Waals surface area contributed by atoms with Crippen LogP contribution < -0.4 is 5.73 Å². The van der Waals surface area contributed by atoms with E-state index < -0.39 is 6.04 Å². The second-order valence-electron chi connectivity index (χ2n) is 5.87. The van der Waals surface area contributed by atoms with Crippen LogP contribution in [0.2, 0.25) is 0 Å². The van der Waals surface area contributed by atoms with Crippen molar-refractivity contribution in [3.05, 3.63) is 48.0 Å². The van der Waals surface area contributed by atoms with Gasteiger partial charge in [-0.1, -0.05) is 76.6 Å². The summed E-state index contributed by atoms with van der Waals surface area (Å²) in [4.78, 5) is 12.1. The third kappa shape index (κ3) is 4.96. The fourth-order valence-corrected chi connectivity index (χ4v) is 2.37. The molecule has 2 N–H and O–H groups in total. The van der Waals surface area contributed by atoms with Crippen molar-refractivity contribution < 1.29 is 4.79 Å². The Kier molecular flexibility index (Phi) is 7.83. The van der Waals surface area contributed by atoms with E-state index in [1.165, 1.54) is 17.2 Å². The molecule has 0 aromatic heterocycles. The van der Waals surface area contributed by atoms with Gasteiger partial charge in [-0.05, 0) is 29.2 Å². The zero-order valence-corrected chi connectivity index (χ0v) is 14.3. The fourth-order valence-electron chi connectivity index (χ4n) is 2.37. The van der Waals surface area contributed by atoms with Crippen molar-refractivity contribution >= 4 is 16.6 Å². The normalized spacial score (nSPS) is 13.1. The highest BCUT2D eigenvalue weighted by atomic mass is 16.1. The monoisotopic (exact) mass is 299 g/mol. The molecule has 2 heteroatoms. The topological polar surface area (TPSA) is 43.1 Å². The minimum absolute atomic E-state index is 0.0463. The molecule has 2 atom stereocenters. The number of benzene rings is 2. The third-order valence-corrected chi connectivity index (χ3v) is 3.78. The first-order valence-electron chi connectivity index (χ1n) is 8.30. The second kappa shape index (κ2) is 9.37. The third-order valence-electron chi connectivity index (χ3n) is 3.78. The van der Waals surface area contributed by atoms with Crippen LogP contribution in [0, 0.1) is 5.92 Å². The van der Waals surface area contributed by atoms with Crippen LogP contribution in [0.1, 0.15) is 46.1 Å². The van der Waals surface area contributed by atoms with E-state index in [0.717, 1.165) is 12.0 Å². The molecule has 0 fully saturated rings. The molecule has 0 aliphatic rings. The van der Waals surface area contributed by atoms with Gasteiger partial charge in [-0.3, -0.25) is 4.79 Å². The van der Waals surface area contributed by atoms with Crippen molar-refractivity contribution in [2.45, 2.75) is 53.0 Å². The summed E-state index contributed by atoms with van der Waals surface area (Å²) in [6.07, 6.45) is 2.71. The van der Waals surface area contributed by atoms with E-state index in [1.54, 1.807) is 0 Å². The maximum atomic E-state index is 12.1. The zero-order valence-electron chi connectivity index (χ0n) is 14.3. The largest absolute Gasteiger partial charge is 0.321 e. The number of Topliss-reactive ketones (excluding diaryl/α,β-unsaturated/α-hetero) is 1. The Balaban J connectivity index is 0.000000745. The van der Waals surface area contributed by atoms with Crippen molar-refractivity contribution in [2.24, 2.45) is 11.7 Å². The van der Waals surface area contributed by atoms with Crippen molar-refractivity contribution in [2.75, 3.05) is 0 Å². The number of rotatable bonds is 5. The minimum atomic E-state index is -0.402. The summed E-state index contributed by atoms with van der Waals surface area (Å²) < 4.78 is 0. The molecule has 2 aromatic rings. The molecule has 0 amide bonds. The Morgan fingerprint density at radius 1 is 1.05 bits per heavy atom. The molecular formula is C20H29NO. The van der Waals surface area contributed by atoms with Crippen LogP contribution in [0.3, 0.4) is 0 Å². The number of carbonyl (C=O) groups is 1. The average molecular weight is 299 g/mol. The fraction of sp³-hybridized carbons (Fsp3) is 0.450. The van der Waals surface area contributed by atoms with E-state index in [2.05, 4.69) is 38.1 Å². The summed E-state index contributed by atoms with van der Waals surface area (Å²) >= 11 is 0. The molecule has 0 aliphatic carbocycles. The van der Waals surface area contributed by atoms with Gasteiger partial charge in [0.05, 0.1) is 6.04 Å². The number of nitrogens with two attached hydrogens (primary N) is 1. The molecule has 0 heterocycles. The first kappa shape index (κ1) is 18.4. The second-order valence-corrected chi connectivity index (χ2v) is 5.87. The van der Waals surface area contributed by atoms with E-state index in [4.69, 9.17) is 5.73 Å². The maximum absolute atomic E-state index is 12.1. The van der Waals surface area contributed by atoms with Crippen LogP contribution in [-0.2, 0) is 11.2 Å². The Morgan fingerprint density at radius 2 is 1.64 bits per heavy atom. The van der Waals surface area contributed by atoms with Crippen molar-refractivity contribution in [3.63, 3.8) is 0 Å². The first-order valence-corrected chi connectivity index (χ1v) is 8.30. The van der Waals surface area contributed by atoms with Crippen molar-refractivity contribution in [3.8, 4) is 0 Å². The lowest BCUT2D eigenvalue weighted by atomic mass is 9.92. The first-order chi connectivity index (χ1) is 10.5. The molecule has 0 spiro atoms. The molecule has 22 heavy (non-hydrogen) atoms. The van der Waals surface area contributed by atoms with Crippen LogP contribution in [0.5, 0.6) is 0 Å². The van der Waals surface area contributed by atoms with Crippen molar-refractivity contribution in [1.82, 2.24) is 0 Å². The molecule has 120 valence electrons. The standard InChI is InChI=1S/C17H21NO.C3H8/c1-3-12(2)17(19)16(18)11-14-9-6-8-13-7-4-5-10-15(13)14;1-3-2/h4-10,12,16H,3,11,18H2,1-2H3;3H2,1-2H3. The van der Waals surface area contributed by atoms with Gasteiger partial charge in [0.15, 0.2) is 5.78 Å². The Hall–Kier alpha value is -1.67. The summed E-state index contributed by atoms with van der Waals surface area (Å²) in [7, 11) is 0. The summed E-state index contributed by atoms with van der Waals surface area (Å²) in [5.74, 6) is 0.209. The van der Waals surface area contributed by atoms with Gasteiger partial charge in [-0.2, -0.15) is 0 Å². The van der Waals surface area contributed by atoms with Crippen LogP contribution in [0.4, 0.5) is 0 Å². The summed E-state index contributed by atoms with van der Waals surface area (Å²) in [5, 5.41) is 2.39. The molecule has 2 aromatic carbocycles. The lowest BCUT2D eigenvalue weighted by Crippen LogP contribution is -2.36. The smallest absolute Gasteiger partial charge is 0.152 e. The molecule has 0 radical (unpaired) electrons. The predicted octanol–water partition coefficient (Wildman–Crippen LogP) is 4.74.